The molecule has 0 spiro atoms. The fraction of sp³-hybridized carbons (Fsp3) is 0.450. The number of likely N-dealkylation sites (N-methyl/N-ethyl adjacent to an activating group) is 1. The number of amides is 3. The van der Waals surface area contributed by atoms with Crippen LogP contribution in [0.2, 0.25) is 0 Å². The lowest BCUT2D eigenvalue weighted by atomic mass is 9.95. The zero-order valence-corrected chi connectivity index (χ0v) is 17.3. The van der Waals surface area contributed by atoms with Gasteiger partial charge >= 0.3 is 0 Å². The van der Waals surface area contributed by atoms with E-state index in [1.54, 1.807) is 24.3 Å². The second-order valence-corrected chi connectivity index (χ2v) is 8.23. The van der Waals surface area contributed by atoms with Gasteiger partial charge in [0.15, 0.2) is 0 Å². The Morgan fingerprint density at radius 2 is 2.03 bits per heavy atom. The summed E-state index contributed by atoms with van der Waals surface area (Å²) in [6.45, 7) is 4.23. The van der Waals surface area contributed by atoms with Crippen molar-refractivity contribution in [3.8, 4) is 0 Å². The van der Waals surface area contributed by atoms with Gasteiger partial charge in [-0.25, -0.2) is 0 Å². The maximum Gasteiger partial charge on any atom is 0.273 e. The molecule has 3 heterocycles. The van der Waals surface area contributed by atoms with Crippen molar-refractivity contribution in [1.82, 2.24) is 15.1 Å². The normalized spacial score (nSPS) is 20.6. The molecule has 0 unspecified atom stereocenters. The molecule has 1 fully saturated rings. The Bertz CT molecular complexity index is 975. The van der Waals surface area contributed by atoms with Crippen molar-refractivity contribution in [2.75, 3.05) is 16.8 Å². The number of hydrogen-bond donors (Lipinski definition) is 1. The third-order valence-electron chi connectivity index (χ3n) is 5.49. The molecule has 0 bridgehead atoms. The van der Waals surface area contributed by atoms with Gasteiger partial charge < -0.3 is 4.90 Å². The molecule has 1 N–H and O–H groups in total. The Hall–Kier alpha value is -2.81. The summed E-state index contributed by atoms with van der Waals surface area (Å²) in [5, 5.41) is 12.3. The number of unbranched alkanes of at least 4 members (excludes halogenated alkanes) is 1. The number of aryl methyl sites for hydroxylation is 1. The summed E-state index contributed by atoms with van der Waals surface area (Å²) in [5.41, 5.74) is -0.460. The van der Waals surface area contributed by atoms with E-state index in [1.165, 1.54) is 21.1 Å². The van der Waals surface area contributed by atoms with Crippen LogP contribution in [0.1, 0.15) is 54.9 Å². The molecule has 29 heavy (non-hydrogen) atoms. The van der Waals surface area contributed by atoms with Crippen LogP contribution in [0.15, 0.2) is 24.3 Å². The van der Waals surface area contributed by atoms with E-state index in [0.29, 0.717) is 22.9 Å². The van der Waals surface area contributed by atoms with Gasteiger partial charge in [0.05, 0.1) is 11.3 Å². The van der Waals surface area contributed by atoms with E-state index in [2.05, 4.69) is 22.4 Å². The minimum absolute atomic E-state index is 0.167. The van der Waals surface area contributed by atoms with Crippen LogP contribution in [-0.2, 0) is 16.0 Å². The van der Waals surface area contributed by atoms with Crippen molar-refractivity contribution in [3.63, 3.8) is 0 Å². The fourth-order valence-corrected chi connectivity index (χ4v) is 4.91. The smallest absolute Gasteiger partial charge is 0.273 e. The number of aromatic nitrogens is 2. The van der Waals surface area contributed by atoms with Gasteiger partial charge in [-0.05, 0) is 25.5 Å². The lowest BCUT2D eigenvalue weighted by molar-refractivity contribution is -0.128. The third-order valence-corrected chi connectivity index (χ3v) is 6.38. The van der Waals surface area contributed by atoms with Gasteiger partial charge in [-0.3, -0.25) is 24.6 Å². The standard InChI is InChI=1S/C20H23N5O3S/c1-3-5-10-15-22-23-19(29-15)21-18(28)20-12-11-16(26)25(20)14-9-7-6-8-13(14)17(27)24(20)4-2/h6-9H,3-5,10-12H2,1-2H3,(H,21,23,28)/t20-/m0/s1. The number of carbonyl (C=O) groups is 3. The van der Waals surface area contributed by atoms with Crippen molar-refractivity contribution >= 4 is 39.9 Å². The van der Waals surface area contributed by atoms with Gasteiger partial charge in [0, 0.05) is 25.8 Å². The average Bonchev–Trinajstić information content (AvgIpc) is 3.32. The summed E-state index contributed by atoms with van der Waals surface area (Å²) in [7, 11) is 0. The lowest BCUT2D eigenvalue weighted by Gasteiger charge is -2.48. The predicted molar refractivity (Wildman–Crippen MR) is 110 cm³/mol. The number of benzene rings is 1. The van der Waals surface area contributed by atoms with Gasteiger partial charge in [0.2, 0.25) is 16.7 Å². The largest absolute Gasteiger partial charge is 0.307 e. The highest BCUT2D eigenvalue weighted by Crippen LogP contribution is 2.44. The first-order chi connectivity index (χ1) is 14.0. The molecule has 3 amide bonds. The lowest BCUT2D eigenvalue weighted by Crippen LogP contribution is -2.69. The summed E-state index contributed by atoms with van der Waals surface area (Å²) in [6, 6.07) is 6.95. The summed E-state index contributed by atoms with van der Waals surface area (Å²) < 4.78 is 0. The predicted octanol–water partition coefficient (Wildman–Crippen LogP) is 2.82. The van der Waals surface area contributed by atoms with Crippen LogP contribution in [0.4, 0.5) is 10.8 Å². The first-order valence-corrected chi connectivity index (χ1v) is 10.7. The SMILES string of the molecule is CCCCc1nnc(NC(=O)[C@]23CCC(=O)N2c2ccccc2C(=O)N3CC)s1. The molecular formula is C20H23N5O3S. The Morgan fingerprint density at radius 1 is 1.24 bits per heavy atom. The molecule has 4 rings (SSSR count). The number of anilines is 2. The molecule has 0 radical (unpaired) electrons. The minimum atomic E-state index is -1.38. The monoisotopic (exact) mass is 413 g/mol. The maximum atomic E-state index is 13.5. The second-order valence-electron chi connectivity index (χ2n) is 7.17. The van der Waals surface area contributed by atoms with E-state index < -0.39 is 11.6 Å². The van der Waals surface area contributed by atoms with E-state index in [4.69, 9.17) is 0 Å². The first-order valence-electron chi connectivity index (χ1n) is 9.90. The van der Waals surface area contributed by atoms with Crippen molar-refractivity contribution in [2.45, 2.75) is 51.6 Å². The van der Waals surface area contributed by atoms with E-state index in [0.717, 1.165) is 24.3 Å². The highest BCUT2D eigenvalue weighted by molar-refractivity contribution is 7.15. The Labute approximate surface area is 172 Å². The van der Waals surface area contributed by atoms with Crippen molar-refractivity contribution < 1.29 is 14.4 Å². The van der Waals surface area contributed by atoms with Crippen LogP contribution in [0, 0.1) is 0 Å². The van der Waals surface area contributed by atoms with Crippen LogP contribution in [-0.4, -0.2) is 45.0 Å². The quantitative estimate of drug-likeness (QED) is 0.786. The molecule has 1 aromatic heterocycles. The minimum Gasteiger partial charge on any atom is -0.307 e. The van der Waals surface area contributed by atoms with Gasteiger partial charge in [-0.2, -0.15) is 0 Å². The fourth-order valence-electron chi connectivity index (χ4n) is 4.14. The van der Waals surface area contributed by atoms with Gasteiger partial charge in [0.25, 0.3) is 11.8 Å². The number of nitrogens with one attached hydrogen (secondary N) is 1. The number of rotatable bonds is 6. The Kier molecular flexibility index (Phi) is 5.08. The molecule has 1 atom stereocenters. The van der Waals surface area contributed by atoms with E-state index in [1.807, 2.05) is 6.92 Å². The zero-order chi connectivity index (χ0) is 20.6. The molecular weight excluding hydrogens is 390 g/mol. The average molecular weight is 414 g/mol. The second kappa shape index (κ2) is 7.55. The highest BCUT2D eigenvalue weighted by Gasteiger charge is 2.60. The molecule has 152 valence electrons. The van der Waals surface area contributed by atoms with Gasteiger partial charge in [0.1, 0.15) is 5.01 Å². The number of hydrogen-bond acceptors (Lipinski definition) is 6. The summed E-state index contributed by atoms with van der Waals surface area (Å²) >= 11 is 1.33. The number of fused-ring (bicyclic) bond motifs is 3. The third kappa shape index (κ3) is 3.00. The summed E-state index contributed by atoms with van der Waals surface area (Å²) in [5.74, 6) is -0.837. The molecule has 2 aliphatic heterocycles. The summed E-state index contributed by atoms with van der Waals surface area (Å²) in [4.78, 5) is 42.5. The van der Waals surface area contributed by atoms with Gasteiger partial charge in [-0.1, -0.05) is 36.8 Å². The van der Waals surface area contributed by atoms with E-state index in [9.17, 15) is 14.4 Å². The molecule has 1 aromatic carbocycles. The van der Waals surface area contributed by atoms with Crippen LogP contribution >= 0.6 is 11.3 Å². The van der Waals surface area contributed by atoms with Crippen LogP contribution in [0.25, 0.3) is 0 Å². The topological polar surface area (TPSA) is 95.5 Å². The Morgan fingerprint density at radius 3 is 2.79 bits per heavy atom. The van der Waals surface area contributed by atoms with Crippen molar-refractivity contribution in [2.24, 2.45) is 0 Å². The molecule has 8 nitrogen and oxygen atoms in total. The first kappa shape index (κ1) is 19.5. The van der Waals surface area contributed by atoms with Crippen LogP contribution < -0.4 is 10.2 Å². The van der Waals surface area contributed by atoms with Crippen molar-refractivity contribution in [1.29, 1.82) is 0 Å². The highest BCUT2D eigenvalue weighted by atomic mass is 32.1. The van der Waals surface area contributed by atoms with Crippen LogP contribution in [0.5, 0.6) is 0 Å². The van der Waals surface area contributed by atoms with Crippen molar-refractivity contribution in [3.05, 3.63) is 34.8 Å². The number of nitrogens with zero attached hydrogens (tertiary/aromatic N) is 4. The molecule has 0 aliphatic carbocycles. The molecule has 0 saturated carbocycles. The molecule has 9 heteroatoms. The number of para-hydroxylation sites is 1. The summed E-state index contributed by atoms with van der Waals surface area (Å²) in [6.07, 6.45) is 3.31. The molecule has 2 aromatic rings. The number of carbonyl (C=O) groups excluding carboxylic acids is 3. The van der Waals surface area contributed by atoms with E-state index in [-0.39, 0.29) is 24.7 Å². The zero-order valence-electron chi connectivity index (χ0n) is 16.5. The van der Waals surface area contributed by atoms with Crippen LogP contribution in [0.3, 0.4) is 0 Å². The molecule has 1 saturated heterocycles. The van der Waals surface area contributed by atoms with E-state index >= 15 is 0 Å². The maximum absolute atomic E-state index is 13.5. The molecule has 2 aliphatic rings. The Balaban J connectivity index is 1.71. The van der Waals surface area contributed by atoms with Gasteiger partial charge in [-0.15, -0.1) is 10.2 Å².